The van der Waals surface area contributed by atoms with Crippen LogP contribution in [0.25, 0.3) is 0 Å². The van der Waals surface area contributed by atoms with Gasteiger partial charge >= 0.3 is 6.03 Å². The van der Waals surface area contributed by atoms with E-state index >= 15 is 0 Å². The molecule has 0 radical (unpaired) electrons. The summed E-state index contributed by atoms with van der Waals surface area (Å²) in [5.41, 5.74) is -0.168. The molecule has 1 rings (SSSR count). The molecule has 1 saturated carbocycles. The second kappa shape index (κ2) is 7.41. The topological polar surface area (TPSA) is 61.4 Å². The van der Waals surface area contributed by atoms with Crippen LogP contribution < -0.4 is 10.6 Å². The lowest BCUT2D eigenvalue weighted by atomic mass is 9.73. The minimum Gasteiger partial charge on any atom is -0.392 e. The van der Waals surface area contributed by atoms with Crippen molar-refractivity contribution in [2.24, 2.45) is 5.41 Å². The smallest absolute Gasteiger partial charge is 0.314 e. The number of urea groups is 1. The van der Waals surface area contributed by atoms with Gasteiger partial charge in [-0.25, -0.2) is 4.79 Å². The third kappa shape index (κ3) is 4.69. The Morgan fingerprint density at radius 1 is 1.44 bits per heavy atom. The first-order chi connectivity index (χ1) is 8.58. The summed E-state index contributed by atoms with van der Waals surface area (Å²) in [5.74, 6) is 0. The average Bonchev–Trinajstić information content (AvgIpc) is 2.36. The number of carbonyl (C=O) groups excluding carboxylic acids is 1. The monoisotopic (exact) mass is 254 g/mol. The lowest BCUT2D eigenvalue weighted by molar-refractivity contribution is 0.00310. The van der Waals surface area contributed by atoms with Gasteiger partial charge in [0.05, 0.1) is 6.10 Å². The van der Waals surface area contributed by atoms with Gasteiger partial charge in [-0.1, -0.05) is 31.9 Å². The van der Waals surface area contributed by atoms with E-state index in [1.165, 1.54) is 0 Å². The van der Waals surface area contributed by atoms with Crippen molar-refractivity contribution in [1.29, 1.82) is 0 Å². The van der Waals surface area contributed by atoms with Crippen LogP contribution in [0, 0.1) is 5.41 Å². The van der Waals surface area contributed by atoms with E-state index in [4.69, 9.17) is 0 Å². The molecule has 2 amide bonds. The van der Waals surface area contributed by atoms with Crippen molar-refractivity contribution in [3.63, 3.8) is 0 Å². The summed E-state index contributed by atoms with van der Waals surface area (Å²) in [6.07, 6.45) is 8.60. The summed E-state index contributed by atoms with van der Waals surface area (Å²) in [7, 11) is 0. The van der Waals surface area contributed by atoms with Crippen molar-refractivity contribution >= 4 is 6.03 Å². The van der Waals surface area contributed by atoms with Crippen molar-refractivity contribution in [2.45, 2.75) is 52.1 Å². The van der Waals surface area contributed by atoms with E-state index in [9.17, 15) is 9.90 Å². The van der Waals surface area contributed by atoms with Crippen LogP contribution in [0.2, 0.25) is 0 Å². The van der Waals surface area contributed by atoms with E-state index in [1.54, 1.807) is 0 Å². The van der Waals surface area contributed by atoms with E-state index in [0.29, 0.717) is 13.1 Å². The Balaban J connectivity index is 2.24. The van der Waals surface area contributed by atoms with Crippen molar-refractivity contribution in [3.8, 4) is 0 Å². The number of hydrogen-bond acceptors (Lipinski definition) is 2. The van der Waals surface area contributed by atoms with Crippen LogP contribution in [-0.4, -0.2) is 30.3 Å². The molecule has 104 valence electrons. The lowest BCUT2D eigenvalue weighted by Gasteiger charge is -2.38. The fourth-order valence-electron chi connectivity index (χ4n) is 2.37. The molecule has 1 aliphatic rings. The molecule has 0 aliphatic heterocycles. The fourth-order valence-corrected chi connectivity index (χ4v) is 2.37. The standard InChI is InChI=1S/C14H26N2O2/c1-3-4-7-10-15-13(18)16-11-14(2)9-6-5-8-12(14)17/h3-4,12,17H,5-11H2,1-2H3,(H2,15,16,18). The van der Waals surface area contributed by atoms with Crippen LogP contribution in [0.15, 0.2) is 12.2 Å². The molecule has 18 heavy (non-hydrogen) atoms. The molecule has 3 N–H and O–H groups in total. The maximum absolute atomic E-state index is 11.6. The van der Waals surface area contributed by atoms with E-state index in [-0.39, 0.29) is 17.6 Å². The van der Waals surface area contributed by atoms with Gasteiger partial charge in [-0.05, 0) is 26.2 Å². The number of aliphatic hydroxyl groups is 1. The summed E-state index contributed by atoms with van der Waals surface area (Å²) in [6, 6.07) is -0.140. The number of rotatable bonds is 5. The minimum absolute atomic E-state index is 0.140. The van der Waals surface area contributed by atoms with Gasteiger partial charge in [0.2, 0.25) is 0 Å². The zero-order chi connectivity index (χ0) is 13.4. The molecule has 0 bridgehead atoms. The van der Waals surface area contributed by atoms with Gasteiger partial charge in [-0.3, -0.25) is 0 Å². The number of carbonyl (C=O) groups is 1. The summed E-state index contributed by atoms with van der Waals surface area (Å²) in [6.45, 7) is 5.21. The maximum Gasteiger partial charge on any atom is 0.314 e. The maximum atomic E-state index is 11.6. The second-order valence-corrected chi connectivity index (χ2v) is 5.38. The van der Waals surface area contributed by atoms with Crippen LogP contribution in [0.5, 0.6) is 0 Å². The fraction of sp³-hybridized carbons (Fsp3) is 0.786. The molecule has 2 unspecified atom stereocenters. The second-order valence-electron chi connectivity index (χ2n) is 5.38. The molecule has 0 aromatic rings. The highest BCUT2D eigenvalue weighted by molar-refractivity contribution is 5.73. The normalized spacial score (nSPS) is 28.3. The molecule has 0 heterocycles. The lowest BCUT2D eigenvalue weighted by Crippen LogP contribution is -2.47. The van der Waals surface area contributed by atoms with Crippen molar-refractivity contribution in [1.82, 2.24) is 10.6 Å². The molecule has 0 saturated heterocycles. The zero-order valence-corrected chi connectivity index (χ0v) is 11.5. The van der Waals surface area contributed by atoms with Crippen LogP contribution in [-0.2, 0) is 0 Å². The molecule has 1 aliphatic carbocycles. The number of amides is 2. The third-order valence-corrected chi connectivity index (χ3v) is 3.76. The Hall–Kier alpha value is -1.03. The van der Waals surface area contributed by atoms with Crippen LogP contribution in [0.4, 0.5) is 4.79 Å². The Kier molecular flexibility index (Phi) is 6.19. The average molecular weight is 254 g/mol. The highest BCUT2D eigenvalue weighted by atomic mass is 16.3. The highest BCUT2D eigenvalue weighted by Crippen LogP contribution is 2.35. The van der Waals surface area contributed by atoms with Gasteiger partial charge in [0.25, 0.3) is 0 Å². The molecular weight excluding hydrogens is 228 g/mol. The van der Waals surface area contributed by atoms with Crippen molar-refractivity contribution in [2.75, 3.05) is 13.1 Å². The first-order valence-corrected chi connectivity index (χ1v) is 6.89. The van der Waals surface area contributed by atoms with Gasteiger partial charge in [-0.2, -0.15) is 0 Å². The van der Waals surface area contributed by atoms with Gasteiger partial charge in [0, 0.05) is 18.5 Å². The van der Waals surface area contributed by atoms with E-state index in [2.05, 4.69) is 17.6 Å². The summed E-state index contributed by atoms with van der Waals surface area (Å²) in [4.78, 5) is 11.6. The van der Waals surface area contributed by atoms with Gasteiger partial charge in [-0.15, -0.1) is 0 Å². The zero-order valence-electron chi connectivity index (χ0n) is 11.5. The first-order valence-electron chi connectivity index (χ1n) is 6.89. The van der Waals surface area contributed by atoms with Gasteiger partial charge < -0.3 is 15.7 Å². The summed E-state index contributed by atoms with van der Waals surface area (Å²) in [5, 5.41) is 15.7. The van der Waals surface area contributed by atoms with Crippen molar-refractivity contribution in [3.05, 3.63) is 12.2 Å². The van der Waals surface area contributed by atoms with Crippen LogP contribution in [0.3, 0.4) is 0 Å². The summed E-state index contributed by atoms with van der Waals surface area (Å²) >= 11 is 0. The summed E-state index contributed by atoms with van der Waals surface area (Å²) < 4.78 is 0. The quantitative estimate of drug-likeness (QED) is 0.520. The first kappa shape index (κ1) is 15.0. The number of allylic oxidation sites excluding steroid dienone is 1. The van der Waals surface area contributed by atoms with Crippen LogP contribution >= 0.6 is 0 Å². The van der Waals surface area contributed by atoms with Crippen LogP contribution in [0.1, 0.15) is 46.0 Å². The van der Waals surface area contributed by atoms with E-state index in [0.717, 1.165) is 32.1 Å². The SMILES string of the molecule is CC=CCCNC(=O)NCC1(C)CCCCC1O. The molecule has 0 aromatic carbocycles. The molecule has 4 nitrogen and oxygen atoms in total. The largest absolute Gasteiger partial charge is 0.392 e. The Labute approximate surface area is 110 Å². The molecule has 1 fully saturated rings. The molecule has 0 aromatic heterocycles. The molecule has 0 spiro atoms. The molecular formula is C14H26N2O2. The molecule has 4 heteroatoms. The number of hydrogen-bond donors (Lipinski definition) is 3. The third-order valence-electron chi connectivity index (χ3n) is 3.76. The van der Waals surface area contributed by atoms with E-state index in [1.807, 2.05) is 19.1 Å². The van der Waals surface area contributed by atoms with Crippen molar-refractivity contribution < 1.29 is 9.90 Å². The van der Waals surface area contributed by atoms with Gasteiger partial charge in [0.15, 0.2) is 0 Å². The Morgan fingerprint density at radius 3 is 2.89 bits per heavy atom. The van der Waals surface area contributed by atoms with E-state index < -0.39 is 0 Å². The number of nitrogens with one attached hydrogen (secondary N) is 2. The highest BCUT2D eigenvalue weighted by Gasteiger charge is 2.35. The number of aliphatic hydroxyl groups excluding tert-OH is 1. The Bertz CT molecular complexity index is 292. The predicted octanol–water partition coefficient (Wildman–Crippen LogP) is 2.19. The minimum atomic E-state index is -0.297. The molecule has 2 atom stereocenters. The predicted molar refractivity (Wildman–Crippen MR) is 73.4 cm³/mol. The van der Waals surface area contributed by atoms with Gasteiger partial charge in [0.1, 0.15) is 0 Å². The Morgan fingerprint density at radius 2 is 2.22 bits per heavy atom.